The van der Waals surface area contributed by atoms with Gasteiger partial charge in [0.05, 0.1) is 11.5 Å². The van der Waals surface area contributed by atoms with Crippen molar-refractivity contribution in [3.8, 4) is 6.07 Å². The van der Waals surface area contributed by atoms with Crippen LogP contribution in [0.5, 0.6) is 0 Å². The summed E-state index contributed by atoms with van der Waals surface area (Å²) in [7, 11) is 0. The molecule has 1 heterocycles. The minimum absolute atomic E-state index is 0.0686. The molecule has 0 aliphatic carbocycles. The standard InChI is InChI=1S/C10H9N7O2/c11-4-10-13-6-16(15-10)5-7-1-2-9(17(18)19)8(3-7)14-12/h1-3,6,14H,5,12H2. The highest BCUT2D eigenvalue weighted by Gasteiger charge is 2.13. The van der Waals surface area contributed by atoms with E-state index in [4.69, 9.17) is 11.1 Å². The van der Waals surface area contributed by atoms with Crippen LogP contribution in [0.25, 0.3) is 0 Å². The summed E-state index contributed by atoms with van der Waals surface area (Å²) in [6.45, 7) is 0.335. The van der Waals surface area contributed by atoms with Gasteiger partial charge in [-0.25, -0.2) is 9.67 Å². The fraction of sp³-hybridized carbons (Fsp3) is 0.100. The smallest absolute Gasteiger partial charge is 0.293 e. The maximum Gasteiger partial charge on any atom is 0.293 e. The van der Waals surface area contributed by atoms with Crippen molar-refractivity contribution in [3.05, 3.63) is 46.0 Å². The zero-order valence-electron chi connectivity index (χ0n) is 9.65. The van der Waals surface area contributed by atoms with Crippen molar-refractivity contribution in [2.75, 3.05) is 5.43 Å². The minimum atomic E-state index is -0.526. The number of nitro groups is 1. The first-order valence-corrected chi connectivity index (χ1v) is 5.17. The molecule has 0 aliphatic rings. The molecule has 96 valence electrons. The summed E-state index contributed by atoms with van der Waals surface area (Å²) in [6, 6.07) is 6.31. The topological polar surface area (TPSA) is 136 Å². The Labute approximate surface area is 107 Å². The highest BCUT2D eigenvalue weighted by Crippen LogP contribution is 2.24. The van der Waals surface area contributed by atoms with Crippen molar-refractivity contribution < 1.29 is 4.92 Å². The molecule has 0 saturated heterocycles. The van der Waals surface area contributed by atoms with Crippen LogP contribution in [-0.2, 0) is 6.54 Å². The molecule has 2 aromatic rings. The van der Waals surface area contributed by atoms with E-state index in [-0.39, 0.29) is 17.2 Å². The lowest BCUT2D eigenvalue weighted by molar-refractivity contribution is -0.384. The van der Waals surface area contributed by atoms with Gasteiger partial charge < -0.3 is 5.43 Å². The van der Waals surface area contributed by atoms with Gasteiger partial charge in [-0.1, -0.05) is 6.07 Å². The van der Waals surface area contributed by atoms with Gasteiger partial charge in [0.1, 0.15) is 18.1 Å². The molecule has 0 aliphatic heterocycles. The lowest BCUT2D eigenvalue weighted by Crippen LogP contribution is -2.10. The predicted molar refractivity (Wildman–Crippen MR) is 64.7 cm³/mol. The number of nitrogen functional groups attached to an aromatic ring is 1. The van der Waals surface area contributed by atoms with Crippen LogP contribution in [0.2, 0.25) is 0 Å². The van der Waals surface area contributed by atoms with Crippen molar-refractivity contribution in [1.29, 1.82) is 5.26 Å². The van der Waals surface area contributed by atoms with E-state index in [0.717, 1.165) is 5.56 Å². The van der Waals surface area contributed by atoms with Gasteiger partial charge in [-0.15, -0.1) is 5.10 Å². The van der Waals surface area contributed by atoms with Gasteiger partial charge in [-0.05, 0) is 11.6 Å². The van der Waals surface area contributed by atoms with Crippen LogP contribution in [0.4, 0.5) is 11.4 Å². The fourth-order valence-electron chi connectivity index (χ4n) is 1.57. The molecular weight excluding hydrogens is 250 g/mol. The Morgan fingerprint density at radius 3 is 2.95 bits per heavy atom. The van der Waals surface area contributed by atoms with Crippen molar-refractivity contribution in [3.63, 3.8) is 0 Å². The molecule has 0 spiro atoms. The molecule has 0 atom stereocenters. The van der Waals surface area contributed by atoms with Crippen molar-refractivity contribution in [2.24, 2.45) is 5.84 Å². The largest absolute Gasteiger partial charge is 0.318 e. The van der Waals surface area contributed by atoms with Gasteiger partial charge in [-0.2, -0.15) is 5.26 Å². The van der Waals surface area contributed by atoms with Crippen LogP contribution >= 0.6 is 0 Å². The van der Waals surface area contributed by atoms with Crippen molar-refractivity contribution in [2.45, 2.75) is 6.54 Å². The Hall–Kier alpha value is -2.99. The predicted octanol–water partition coefficient (Wildman–Crippen LogP) is 0.392. The Balaban J connectivity index is 2.26. The highest BCUT2D eigenvalue weighted by molar-refractivity contribution is 5.62. The van der Waals surface area contributed by atoms with Crippen LogP contribution in [0, 0.1) is 21.4 Å². The summed E-state index contributed by atoms with van der Waals surface area (Å²) in [6.07, 6.45) is 1.41. The van der Waals surface area contributed by atoms with Gasteiger partial charge in [0.2, 0.25) is 0 Å². The number of anilines is 1. The van der Waals surface area contributed by atoms with E-state index in [1.165, 1.54) is 17.1 Å². The van der Waals surface area contributed by atoms with E-state index in [2.05, 4.69) is 15.5 Å². The molecule has 9 nitrogen and oxygen atoms in total. The van der Waals surface area contributed by atoms with Crippen molar-refractivity contribution in [1.82, 2.24) is 14.8 Å². The fourth-order valence-corrected chi connectivity index (χ4v) is 1.57. The lowest BCUT2D eigenvalue weighted by atomic mass is 10.2. The summed E-state index contributed by atoms with van der Waals surface area (Å²) in [5.41, 5.74) is 3.13. The molecule has 0 fully saturated rings. The molecule has 0 amide bonds. The highest BCUT2D eigenvalue weighted by atomic mass is 16.6. The monoisotopic (exact) mass is 259 g/mol. The number of nitrogens with two attached hydrogens (primary N) is 1. The third kappa shape index (κ3) is 2.64. The molecular formula is C10H9N7O2. The zero-order chi connectivity index (χ0) is 13.8. The Bertz CT molecular complexity index is 658. The summed E-state index contributed by atoms with van der Waals surface area (Å²) in [4.78, 5) is 14.0. The average Bonchev–Trinajstić information content (AvgIpc) is 2.86. The Morgan fingerprint density at radius 2 is 2.37 bits per heavy atom. The second kappa shape index (κ2) is 5.11. The quantitative estimate of drug-likeness (QED) is 0.460. The number of nitrogens with one attached hydrogen (secondary N) is 1. The summed E-state index contributed by atoms with van der Waals surface area (Å²) in [5.74, 6) is 5.31. The molecule has 0 unspecified atom stereocenters. The number of nitriles is 1. The number of benzene rings is 1. The number of hydrogen-bond donors (Lipinski definition) is 2. The first-order chi connectivity index (χ1) is 9.13. The molecule has 1 aromatic carbocycles. The van der Waals surface area contributed by atoms with E-state index in [0.29, 0.717) is 6.54 Å². The molecule has 1 aromatic heterocycles. The molecule has 2 rings (SSSR count). The van der Waals surface area contributed by atoms with Crippen LogP contribution in [0.1, 0.15) is 11.4 Å². The molecule has 9 heteroatoms. The number of nitro benzene ring substituents is 1. The summed E-state index contributed by atoms with van der Waals surface area (Å²) in [5, 5.41) is 23.2. The molecule has 0 saturated carbocycles. The van der Waals surface area contributed by atoms with Gasteiger partial charge in [0.15, 0.2) is 0 Å². The van der Waals surface area contributed by atoms with Gasteiger partial charge in [0, 0.05) is 6.07 Å². The molecule has 0 radical (unpaired) electrons. The van der Waals surface area contributed by atoms with E-state index in [9.17, 15) is 10.1 Å². The normalized spacial score (nSPS) is 9.89. The van der Waals surface area contributed by atoms with E-state index >= 15 is 0 Å². The maximum atomic E-state index is 10.7. The van der Waals surface area contributed by atoms with Crippen LogP contribution in [0.3, 0.4) is 0 Å². The van der Waals surface area contributed by atoms with Crippen LogP contribution in [-0.4, -0.2) is 19.7 Å². The van der Waals surface area contributed by atoms with E-state index in [1.807, 2.05) is 6.07 Å². The number of aromatic nitrogens is 3. The SMILES string of the molecule is N#Cc1ncn(Cc2ccc([N+](=O)[O-])c(NN)c2)n1. The number of hydrogen-bond acceptors (Lipinski definition) is 7. The first kappa shape index (κ1) is 12.5. The third-order valence-electron chi connectivity index (χ3n) is 2.39. The average molecular weight is 259 g/mol. The Morgan fingerprint density at radius 1 is 1.58 bits per heavy atom. The molecule has 19 heavy (non-hydrogen) atoms. The van der Waals surface area contributed by atoms with E-state index in [1.54, 1.807) is 12.1 Å². The summed E-state index contributed by atoms with van der Waals surface area (Å²) >= 11 is 0. The first-order valence-electron chi connectivity index (χ1n) is 5.17. The van der Waals surface area contributed by atoms with Crippen LogP contribution in [0.15, 0.2) is 24.5 Å². The molecule has 0 bridgehead atoms. The second-order valence-electron chi connectivity index (χ2n) is 3.63. The van der Waals surface area contributed by atoms with Gasteiger partial charge in [-0.3, -0.25) is 16.0 Å². The Kier molecular flexibility index (Phi) is 3.35. The number of rotatable bonds is 4. The number of nitrogens with zero attached hydrogens (tertiary/aromatic N) is 5. The van der Waals surface area contributed by atoms with Gasteiger partial charge in [0.25, 0.3) is 11.5 Å². The maximum absolute atomic E-state index is 10.7. The van der Waals surface area contributed by atoms with E-state index < -0.39 is 4.92 Å². The van der Waals surface area contributed by atoms with Crippen molar-refractivity contribution >= 4 is 11.4 Å². The zero-order valence-corrected chi connectivity index (χ0v) is 9.65. The minimum Gasteiger partial charge on any atom is -0.318 e. The van der Waals surface area contributed by atoms with Crippen LogP contribution < -0.4 is 11.3 Å². The third-order valence-corrected chi connectivity index (χ3v) is 2.39. The van der Waals surface area contributed by atoms with Gasteiger partial charge >= 0.3 is 0 Å². The lowest BCUT2D eigenvalue weighted by Gasteiger charge is -2.05. The molecule has 3 N–H and O–H groups in total. The second-order valence-corrected chi connectivity index (χ2v) is 3.63. The summed E-state index contributed by atoms with van der Waals surface area (Å²) < 4.78 is 1.46. The number of hydrazine groups is 1.